The lowest BCUT2D eigenvalue weighted by molar-refractivity contribution is -0.142. The molecule has 1 aliphatic heterocycles. The Labute approximate surface area is 145 Å². The Morgan fingerprint density at radius 2 is 2.28 bits per heavy atom. The minimum atomic E-state index is -4.18. The maximum atomic E-state index is 12.3. The fourth-order valence-electron chi connectivity index (χ4n) is 2.73. The topological polar surface area (TPSA) is 57.9 Å². The molecule has 2 rings (SSSR count). The minimum Gasteiger partial charge on any atom is -0.370 e. The number of nitrogens with one attached hydrogen (secondary N) is 1. The lowest BCUT2D eigenvalue weighted by Crippen LogP contribution is -2.49. The van der Waals surface area contributed by atoms with E-state index in [4.69, 9.17) is 4.74 Å². The zero-order chi connectivity index (χ0) is 18.4. The van der Waals surface area contributed by atoms with Crippen LogP contribution in [-0.2, 0) is 11.8 Å². The second-order valence-corrected chi connectivity index (χ2v) is 6.08. The highest BCUT2D eigenvalue weighted by Crippen LogP contribution is 2.21. The first kappa shape index (κ1) is 19.5. The van der Waals surface area contributed by atoms with E-state index in [2.05, 4.69) is 15.4 Å². The highest BCUT2D eigenvalue weighted by molar-refractivity contribution is 5.80. The number of likely N-dealkylation sites (N-methyl/N-ethyl adjacent to an activating group) is 1. The molecule has 0 saturated carbocycles. The van der Waals surface area contributed by atoms with E-state index in [0.29, 0.717) is 32.2 Å². The van der Waals surface area contributed by atoms with Gasteiger partial charge >= 0.3 is 6.18 Å². The number of nitrogens with zero attached hydrogens (tertiary/aromatic N) is 5. The number of ether oxygens (including phenoxy) is 1. The average Bonchev–Trinajstić information content (AvgIpc) is 2.96. The van der Waals surface area contributed by atoms with Gasteiger partial charge in [0.15, 0.2) is 5.96 Å². The van der Waals surface area contributed by atoms with E-state index in [9.17, 15) is 13.2 Å². The normalized spacial score (nSPS) is 19.6. The largest absolute Gasteiger partial charge is 0.401 e. The Morgan fingerprint density at radius 1 is 1.52 bits per heavy atom. The summed E-state index contributed by atoms with van der Waals surface area (Å²) in [6.45, 7) is 1.57. The number of morpholine rings is 1. The van der Waals surface area contributed by atoms with E-state index in [1.807, 2.05) is 18.1 Å². The van der Waals surface area contributed by atoms with Crippen LogP contribution in [0.2, 0.25) is 0 Å². The standard InChI is InChI=1S/C15H25F3N6O/c1-19-14(20-4-5-22(2)11-15(16,17)18)24-6-7-25-13(10-24)12-8-21-23(3)9-12/h8-9,13H,4-7,10-11H2,1-3H3,(H,19,20). The molecule has 1 atom stereocenters. The first-order valence-corrected chi connectivity index (χ1v) is 8.09. The summed E-state index contributed by atoms with van der Waals surface area (Å²) in [7, 11) is 4.96. The molecule has 1 unspecified atom stereocenters. The van der Waals surface area contributed by atoms with Gasteiger partial charge in [0.05, 0.1) is 25.9 Å². The number of aryl methyl sites for hydroxylation is 1. The second kappa shape index (κ2) is 8.52. The third-order valence-corrected chi connectivity index (χ3v) is 3.90. The van der Waals surface area contributed by atoms with E-state index >= 15 is 0 Å². The van der Waals surface area contributed by atoms with Crippen LogP contribution in [0.25, 0.3) is 0 Å². The SMILES string of the molecule is CN=C(NCCN(C)CC(F)(F)F)N1CCOC(c2cnn(C)c2)C1. The maximum Gasteiger partial charge on any atom is 0.401 e. The van der Waals surface area contributed by atoms with Crippen molar-refractivity contribution in [3.05, 3.63) is 18.0 Å². The van der Waals surface area contributed by atoms with Crippen molar-refractivity contribution >= 4 is 5.96 Å². The molecule has 0 aliphatic carbocycles. The number of aliphatic imine (C=N–C) groups is 1. The van der Waals surface area contributed by atoms with Crippen LogP contribution in [0.15, 0.2) is 17.4 Å². The fraction of sp³-hybridized carbons (Fsp3) is 0.733. The Bertz CT molecular complexity index is 574. The van der Waals surface area contributed by atoms with Crippen molar-refractivity contribution < 1.29 is 17.9 Å². The molecule has 7 nitrogen and oxygen atoms in total. The molecular weight excluding hydrogens is 337 g/mol. The van der Waals surface area contributed by atoms with Crippen LogP contribution < -0.4 is 5.32 Å². The number of halogens is 3. The highest BCUT2D eigenvalue weighted by atomic mass is 19.4. The number of rotatable bonds is 5. The minimum absolute atomic E-state index is 0.103. The molecule has 0 aromatic carbocycles. The van der Waals surface area contributed by atoms with Crippen LogP contribution in [0, 0.1) is 0 Å². The van der Waals surface area contributed by atoms with Crippen molar-refractivity contribution in [1.82, 2.24) is 24.9 Å². The first-order chi connectivity index (χ1) is 11.8. The van der Waals surface area contributed by atoms with Gasteiger partial charge in [-0.1, -0.05) is 0 Å². The summed E-state index contributed by atoms with van der Waals surface area (Å²) >= 11 is 0. The molecule has 1 fully saturated rings. The van der Waals surface area contributed by atoms with Gasteiger partial charge in [0.25, 0.3) is 0 Å². The first-order valence-electron chi connectivity index (χ1n) is 8.09. The van der Waals surface area contributed by atoms with Gasteiger partial charge in [-0.2, -0.15) is 18.3 Å². The lowest BCUT2D eigenvalue weighted by Gasteiger charge is -2.35. The molecule has 2 heterocycles. The van der Waals surface area contributed by atoms with Gasteiger partial charge in [0.1, 0.15) is 6.10 Å². The van der Waals surface area contributed by atoms with Crippen LogP contribution in [-0.4, -0.2) is 85.1 Å². The van der Waals surface area contributed by atoms with Crippen molar-refractivity contribution in [3.63, 3.8) is 0 Å². The van der Waals surface area contributed by atoms with Crippen molar-refractivity contribution in [2.24, 2.45) is 12.0 Å². The smallest absolute Gasteiger partial charge is 0.370 e. The molecule has 142 valence electrons. The summed E-state index contributed by atoms with van der Waals surface area (Å²) in [4.78, 5) is 7.51. The molecular formula is C15H25F3N6O. The van der Waals surface area contributed by atoms with Crippen LogP contribution >= 0.6 is 0 Å². The summed E-state index contributed by atoms with van der Waals surface area (Å²) in [6.07, 6.45) is -0.598. The number of aromatic nitrogens is 2. The molecule has 0 amide bonds. The predicted octanol–water partition coefficient (Wildman–Crippen LogP) is 0.863. The van der Waals surface area contributed by atoms with Gasteiger partial charge in [-0.3, -0.25) is 14.6 Å². The summed E-state index contributed by atoms with van der Waals surface area (Å²) in [5, 5.41) is 7.28. The molecule has 0 radical (unpaired) electrons. The summed E-state index contributed by atoms with van der Waals surface area (Å²) < 4.78 is 44.5. The van der Waals surface area contributed by atoms with E-state index < -0.39 is 12.7 Å². The molecule has 25 heavy (non-hydrogen) atoms. The van der Waals surface area contributed by atoms with E-state index in [-0.39, 0.29) is 12.6 Å². The number of hydrogen-bond acceptors (Lipinski definition) is 4. The molecule has 0 bridgehead atoms. The van der Waals surface area contributed by atoms with Gasteiger partial charge in [-0.15, -0.1) is 0 Å². The van der Waals surface area contributed by atoms with Gasteiger partial charge in [0, 0.05) is 45.5 Å². The highest BCUT2D eigenvalue weighted by Gasteiger charge is 2.29. The van der Waals surface area contributed by atoms with E-state index in [0.717, 1.165) is 5.56 Å². The Hall–Kier alpha value is -1.81. The van der Waals surface area contributed by atoms with Crippen LogP contribution in [0.4, 0.5) is 13.2 Å². The maximum absolute atomic E-state index is 12.3. The van der Waals surface area contributed by atoms with Crippen LogP contribution in [0.5, 0.6) is 0 Å². The number of alkyl halides is 3. The molecule has 1 aliphatic rings. The van der Waals surface area contributed by atoms with Crippen molar-refractivity contribution in [2.75, 3.05) is 53.4 Å². The zero-order valence-electron chi connectivity index (χ0n) is 14.8. The van der Waals surface area contributed by atoms with Crippen LogP contribution in [0.3, 0.4) is 0 Å². The monoisotopic (exact) mass is 362 g/mol. The lowest BCUT2D eigenvalue weighted by atomic mass is 10.1. The Kier molecular flexibility index (Phi) is 6.65. The predicted molar refractivity (Wildman–Crippen MR) is 88.4 cm³/mol. The third kappa shape index (κ3) is 6.20. The molecule has 1 saturated heterocycles. The summed E-state index contributed by atoms with van der Waals surface area (Å²) in [5.74, 6) is 0.664. The fourth-order valence-corrected chi connectivity index (χ4v) is 2.73. The molecule has 1 N–H and O–H groups in total. The average molecular weight is 362 g/mol. The molecule has 10 heteroatoms. The quantitative estimate of drug-likeness (QED) is 0.622. The summed E-state index contributed by atoms with van der Waals surface area (Å²) in [6, 6.07) is 0. The van der Waals surface area contributed by atoms with Crippen molar-refractivity contribution in [2.45, 2.75) is 12.3 Å². The summed E-state index contributed by atoms with van der Waals surface area (Å²) in [5.41, 5.74) is 0.993. The van der Waals surface area contributed by atoms with E-state index in [1.165, 1.54) is 11.9 Å². The molecule has 1 aromatic heterocycles. The number of hydrogen-bond donors (Lipinski definition) is 1. The van der Waals surface area contributed by atoms with Gasteiger partial charge in [0.2, 0.25) is 0 Å². The van der Waals surface area contributed by atoms with Crippen LogP contribution in [0.1, 0.15) is 11.7 Å². The van der Waals surface area contributed by atoms with Gasteiger partial charge in [-0.25, -0.2) is 0 Å². The van der Waals surface area contributed by atoms with Gasteiger partial charge in [-0.05, 0) is 7.05 Å². The molecule has 1 aromatic rings. The molecule has 0 spiro atoms. The van der Waals surface area contributed by atoms with Crippen molar-refractivity contribution in [3.8, 4) is 0 Å². The van der Waals surface area contributed by atoms with Gasteiger partial charge < -0.3 is 15.0 Å². The number of guanidine groups is 1. The zero-order valence-corrected chi connectivity index (χ0v) is 14.8. The Morgan fingerprint density at radius 3 is 2.88 bits per heavy atom. The second-order valence-electron chi connectivity index (χ2n) is 6.08. The van der Waals surface area contributed by atoms with Crippen molar-refractivity contribution in [1.29, 1.82) is 0 Å². The Balaban J connectivity index is 1.83. The van der Waals surface area contributed by atoms with E-state index in [1.54, 1.807) is 17.9 Å². The third-order valence-electron chi connectivity index (χ3n) is 3.90.